The summed E-state index contributed by atoms with van der Waals surface area (Å²) in [5.74, 6) is 0.244. The molecule has 2 N–H and O–H groups in total. The highest BCUT2D eigenvalue weighted by Gasteiger charge is 2.36. The van der Waals surface area contributed by atoms with Gasteiger partial charge in [0, 0.05) is 32.2 Å². The SMILES string of the molecule is COc1ccc([C@H](NC(=O)C2=NN(C)C(=O)CC2)C2CC(O)C2)cn1. The van der Waals surface area contributed by atoms with E-state index in [1.807, 2.05) is 6.07 Å². The molecular formula is C17H22N4O4. The number of rotatable bonds is 5. The average Bonchev–Trinajstić information content (AvgIpc) is 2.59. The number of hydrogen-bond acceptors (Lipinski definition) is 6. The second-order valence-electron chi connectivity index (χ2n) is 6.43. The van der Waals surface area contributed by atoms with Crippen LogP contribution in [0.25, 0.3) is 0 Å². The maximum atomic E-state index is 12.6. The van der Waals surface area contributed by atoms with Crippen LogP contribution < -0.4 is 10.1 Å². The van der Waals surface area contributed by atoms with E-state index < -0.39 is 0 Å². The minimum Gasteiger partial charge on any atom is -0.481 e. The second-order valence-corrected chi connectivity index (χ2v) is 6.43. The predicted octanol–water partition coefficient (Wildman–Crippen LogP) is 0.627. The molecule has 1 aromatic heterocycles. The first-order chi connectivity index (χ1) is 12.0. The molecule has 2 aliphatic rings. The molecule has 8 heteroatoms. The molecule has 2 amide bonds. The summed E-state index contributed by atoms with van der Waals surface area (Å²) in [6.45, 7) is 0. The summed E-state index contributed by atoms with van der Waals surface area (Å²) in [5.41, 5.74) is 1.19. The van der Waals surface area contributed by atoms with Crippen LogP contribution in [0.2, 0.25) is 0 Å². The normalized spacial score (nSPS) is 24.2. The Kier molecular flexibility index (Phi) is 4.98. The van der Waals surface area contributed by atoms with Gasteiger partial charge in [-0.3, -0.25) is 9.59 Å². The van der Waals surface area contributed by atoms with E-state index in [2.05, 4.69) is 15.4 Å². The first-order valence-corrected chi connectivity index (χ1v) is 8.31. The number of carbonyl (C=O) groups excluding carboxylic acids is 2. The van der Waals surface area contributed by atoms with E-state index in [0.29, 0.717) is 30.9 Å². The Labute approximate surface area is 145 Å². The van der Waals surface area contributed by atoms with Crippen molar-refractivity contribution in [3.8, 4) is 5.88 Å². The smallest absolute Gasteiger partial charge is 0.267 e. The first kappa shape index (κ1) is 17.3. The van der Waals surface area contributed by atoms with E-state index in [9.17, 15) is 14.7 Å². The summed E-state index contributed by atoms with van der Waals surface area (Å²) in [5, 5.41) is 17.9. The standard InChI is InChI=1S/C17H22N4O4/c1-21-15(23)6-4-13(20-21)17(24)19-16(11-7-12(22)8-11)10-3-5-14(25-2)18-9-10/h3,5,9,11-12,16,22H,4,6-8H2,1-2H3,(H,19,24)/t11?,12?,16-/m0/s1. The number of ether oxygens (including phenoxy) is 1. The first-order valence-electron chi connectivity index (χ1n) is 8.31. The van der Waals surface area contributed by atoms with Gasteiger partial charge in [-0.1, -0.05) is 6.07 Å². The topological polar surface area (TPSA) is 104 Å². The number of pyridine rings is 1. The van der Waals surface area contributed by atoms with Crippen molar-refractivity contribution in [2.24, 2.45) is 11.0 Å². The van der Waals surface area contributed by atoms with Gasteiger partial charge in [0.1, 0.15) is 5.71 Å². The molecule has 134 valence electrons. The number of methoxy groups -OCH3 is 1. The monoisotopic (exact) mass is 346 g/mol. The molecule has 1 atom stereocenters. The largest absolute Gasteiger partial charge is 0.481 e. The highest BCUT2D eigenvalue weighted by molar-refractivity contribution is 6.39. The Balaban J connectivity index is 1.76. The highest BCUT2D eigenvalue weighted by atomic mass is 16.5. The maximum Gasteiger partial charge on any atom is 0.267 e. The fraction of sp³-hybridized carbons (Fsp3) is 0.529. The van der Waals surface area contributed by atoms with Crippen LogP contribution in [-0.4, -0.2) is 52.9 Å². The molecule has 0 bridgehead atoms. The molecule has 2 heterocycles. The summed E-state index contributed by atoms with van der Waals surface area (Å²) in [6.07, 6.45) is 3.21. The van der Waals surface area contributed by atoms with E-state index >= 15 is 0 Å². The fourth-order valence-electron chi connectivity index (χ4n) is 3.13. The van der Waals surface area contributed by atoms with Gasteiger partial charge in [0.25, 0.3) is 5.91 Å². The van der Waals surface area contributed by atoms with Crippen molar-refractivity contribution in [2.45, 2.75) is 37.8 Å². The zero-order valence-corrected chi connectivity index (χ0v) is 14.3. The summed E-state index contributed by atoms with van der Waals surface area (Å²) >= 11 is 0. The van der Waals surface area contributed by atoms with Crippen LogP contribution in [0.3, 0.4) is 0 Å². The number of hydrazone groups is 1. The Bertz CT molecular complexity index is 682. The van der Waals surface area contributed by atoms with Crippen LogP contribution in [-0.2, 0) is 9.59 Å². The number of nitrogens with one attached hydrogen (secondary N) is 1. The quantitative estimate of drug-likeness (QED) is 0.814. The number of aliphatic hydroxyl groups is 1. The highest BCUT2D eigenvalue weighted by Crippen LogP contribution is 2.38. The molecule has 0 saturated heterocycles. The average molecular weight is 346 g/mol. The van der Waals surface area contributed by atoms with Crippen molar-refractivity contribution in [2.75, 3.05) is 14.2 Å². The Morgan fingerprint density at radius 1 is 1.40 bits per heavy atom. The predicted molar refractivity (Wildman–Crippen MR) is 89.8 cm³/mol. The van der Waals surface area contributed by atoms with Gasteiger partial charge >= 0.3 is 0 Å². The summed E-state index contributed by atoms with van der Waals surface area (Å²) in [7, 11) is 3.09. The third kappa shape index (κ3) is 3.79. The van der Waals surface area contributed by atoms with E-state index in [1.165, 1.54) is 5.01 Å². The Morgan fingerprint density at radius 3 is 2.72 bits per heavy atom. The van der Waals surface area contributed by atoms with Gasteiger partial charge in [0.15, 0.2) is 0 Å². The van der Waals surface area contributed by atoms with Crippen molar-refractivity contribution in [1.29, 1.82) is 0 Å². The van der Waals surface area contributed by atoms with Crippen molar-refractivity contribution >= 4 is 17.5 Å². The minimum atomic E-state index is -0.327. The Morgan fingerprint density at radius 2 is 2.16 bits per heavy atom. The number of aromatic nitrogens is 1. The van der Waals surface area contributed by atoms with Crippen LogP contribution >= 0.6 is 0 Å². The number of nitrogens with zero attached hydrogens (tertiary/aromatic N) is 3. The number of carbonyl (C=O) groups is 2. The lowest BCUT2D eigenvalue weighted by molar-refractivity contribution is -0.130. The van der Waals surface area contributed by atoms with Crippen LogP contribution in [0.4, 0.5) is 0 Å². The molecule has 25 heavy (non-hydrogen) atoms. The van der Waals surface area contributed by atoms with Crippen LogP contribution in [0.5, 0.6) is 5.88 Å². The summed E-state index contributed by atoms with van der Waals surface area (Å²) in [4.78, 5) is 28.3. The molecule has 1 fully saturated rings. The molecule has 1 aliphatic heterocycles. The van der Waals surface area contributed by atoms with Gasteiger partial charge < -0.3 is 15.2 Å². The molecule has 1 saturated carbocycles. The Hall–Kier alpha value is -2.48. The van der Waals surface area contributed by atoms with Gasteiger partial charge in [-0.2, -0.15) is 5.10 Å². The van der Waals surface area contributed by atoms with Gasteiger partial charge in [-0.05, 0) is 24.3 Å². The van der Waals surface area contributed by atoms with E-state index in [4.69, 9.17) is 4.74 Å². The fourth-order valence-corrected chi connectivity index (χ4v) is 3.13. The molecule has 0 radical (unpaired) electrons. The third-order valence-corrected chi connectivity index (χ3v) is 4.70. The van der Waals surface area contributed by atoms with Gasteiger partial charge in [0.2, 0.25) is 11.8 Å². The summed E-state index contributed by atoms with van der Waals surface area (Å²) in [6, 6.07) is 3.34. The minimum absolute atomic E-state index is 0.102. The molecule has 3 rings (SSSR count). The van der Waals surface area contributed by atoms with Gasteiger partial charge in [-0.25, -0.2) is 9.99 Å². The van der Waals surface area contributed by atoms with E-state index in [0.717, 1.165) is 5.56 Å². The lowest BCUT2D eigenvalue weighted by Gasteiger charge is -2.38. The molecule has 1 aromatic rings. The maximum absolute atomic E-state index is 12.6. The molecule has 0 spiro atoms. The van der Waals surface area contributed by atoms with Crippen molar-refractivity contribution in [3.05, 3.63) is 23.9 Å². The van der Waals surface area contributed by atoms with Crippen LogP contribution in [0.15, 0.2) is 23.4 Å². The lowest BCUT2D eigenvalue weighted by atomic mass is 9.75. The third-order valence-electron chi connectivity index (χ3n) is 4.70. The molecule has 1 aliphatic carbocycles. The number of hydrogen-bond donors (Lipinski definition) is 2. The second kappa shape index (κ2) is 7.18. The molecule has 8 nitrogen and oxygen atoms in total. The summed E-state index contributed by atoms with van der Waals surface area (Å²) < 4.78 is 5.07. The van der Waals surface area contributed by atoms with E-state index in [-0.39, 0.29) is 36.3 Å². The van der Waals surface area contributed by atoms with Crippen molar-refractivity contribution in [1.82, 2.24) is 15.3 Å². The van der Waals surface area contributed by atoms with Crippen molar-refractivity contribution in [3.63, 3.8) is 0 Å². The van der Waals surface area contributed by atoms with Gasteiger partial charge in [-0.15, -0.1) is 0 Å². The van der Waals surface area contributed by atoms with E-state index in [1.54, 1.807) is 26.4 Å². The van der Waals surface area contributed by atoms with Crippen molar-refractivity contribution < 1.29 is 19.4 Å². The molecule has 0 unspecified atom stereocenters. The zero-order valence-electron chi connectivity index (χ0n) is 14.3. The lowest BCUT2D eigenvalue weighted by Crippen LogP contribution is -2.45. The zero-order chi connectivity index (χ0) is 18.0. The van der Waals surface area contributed by atoms with Gasteiger partial charge in [0.05, 0.1) is 19.3 Å². The van der Waals surface area contributed by atoms with Crippen LogP contribution in [0.1, 0.15) is 37.3 Å². The van der Waals surface area contributed by atoms with Crippen LogP contribution in [0, 0.1) is 5.92 Å². The molecule has 0 aromatic carbocycles. The molecular weight excluding hydrogens is 324 g/mol. The number of aliphatic hydroxyl groups excluding tert-OH is 1. The number of amides is 2.